The molecule has 6 heteroatoms. The van der Waals surface area contributed by atoms with Gasteiger partial charge in [0, 0.05) is 32.4 Å². The van der Waals surface area contributed by atoms with Crippen molar-refractivity contribution < 1.29 is 9.90 Å². The van der Waals surface area contributed by atoms with Crippen LogP contribution in [0.2, 0.25) is 0 Å². The van der Waals surface area contributed by atoms with Crippen molar-refractivity contribution in [2.24, 2.45) is 7.05 Å². The Morgan fingerprint density at radius 3 is 2.74 bits per heavy atom. The summed E-state index contributed by atoms with van der Waals surface area (Å²) in [6.45, 7) is 2.89. The zero-order valence-corrected chi connectivity index (χ0v) is 11.4. The largest absolute Gasteiger partial charge is 0.395 e. The highest BCUT2D eigenvalue weighted by Crippen LogP contribution is 2.05. The molecule has 0 saturated heterocycles. The first kappa shape index (κ1) is 15.2. The third-order valence-electron chi connectivity index (χ3n) is 2.78. The van der Waals surface area contributed by atoms with Crippen LogP contribution in [0.25, 0.3) is 0 Å². The van der Waals surface area contributed by atoms with Gasteiger partial charge in [0.1, 0.15) is 0 Å². The summed E-state index contributed by atoms with van der Waals surface area (Å²) in [4.78, 5) is 24.8. The standard InChI is InChI=1S/C13H21N3O3/c1-3-4-7-16(8-9-17)13(19)14-11-5-6-12(18)15(2)10-11/h5-6,10,17H,3-4,7-9H2,1-2H3,(H,14,19). The monoisotopic (exact) mass is 267 g/mol. The Hall–Kier alpha value is -1.82. The normalized spacial score (nSPS) is 10.3. The number of nitrogens with one attached hydrogen (secondary N) is 1. The van der Waals surface area contributed by atoms with Gasteiger partial charge in [-0.15, -0.1) is 0 Å². The van der Waals surface area contributed by atoms with Gasteiger partial charge in [-0.2, -0.15) is 0 Å². The van der Waals surface area contributed by atoms with Gasteiger partial charge in [0.25, 0.3) is 0 Å². The van der Waals surface area contributed by atoms with E-state index < -0.39 is 0 Å². The molecular formula is C13H21N3O3. The van der Waals surface area contributed by atoms with Crippen LogP contribution in [0, 0.1) is 0 Å². The molecule has 19 heavy (non-hydrogen) atoms. The van der Waals surface area contributed by atoms with Gasteiger partial charge in [0.05, 0.1) is 12.3 Å². The molecule has 2 amide bonds. The number of urea groups is 1. The summed E-state index contributed by atoms with van der Waals surface area (Å²) in [6.07, 6.45) is 3.44. The third kappa shape index (κ3) is 4.75. The molecule has 0 fully saturated rings. The van der Waals surface area contributed by atoms with Gasteiger partial charge in [-0.25, -0.2) is 4.79 Å². The number of nitrogens with zero attached hydrogens (tertiary/aromatic N) is 2. The maximum absolute atomic E-state index is 12.0. The van der Waals surface area contributed by atoms with Crippen molar-refractivity contribution in [2.75, 3.05) is 25.0 Å². The average Bonchev–Trinajstić information content (AvgIpc) is 2.38. The zero-order valence-electron chi connectivity index (χ0n) is 11.4. The van der Waals surface area contributed by atoms with Crippen LogP contribution < -0.4 is 10.9 Å². The molecule has 1 rings (SSSR count). The topological polar surface area (TPSA) is 74.6 Å². The number of carbonyl (C=O) groups is 1. The number of amides is 2. The molecule has 1 aromatic rings. The molecule has 0 radical (unpaired) electrons. The second kappa shape index (κ2) is 7.58. The van der Waals surface area contributed by atoms with E-state index in [2.05, 4.69) is 5.32 Å². The highest BCUT2D eigenvalue weighted by Gasteiger charge is 2.12. The lowest BCUT2D eigenvalue weighted by Crippen LogP contribution is -2.38. The Morgan fingerprint density at radius 1 is 1.42 bits per heavy atom. The maximum atomic E-state index is 12.0. The number of aryl methyl sites for hydroxylation is 1. The van der Waals surface area contributed by atoms with Gasteiger partial charge in [-0.3, -0.25) is 4.79 Å². The number of carbonyl (C=O) groups excluding carboxylic acids is 1. The number of rotatable bonds is 6. The number of anilines is 1. The predicted octanol–water partition coefficient (Wildman–Crippen LogP) is 1.01. The van der Waals surface area contributed by atoms with Crippen LogP contribution in [0.3, 0.4) is 0 Å². The van der Waals surface area contributed by atoms with Crippen molar-refractivity contribution in [3.63, 3.8) is 0 Å². The van der Waals surface area contributed by atoms with Crippen molar-refractivity contribution in [1.29, 1.82) is 0 Å². The maximum Gasteiger partial charge on any atom is 0.321 e. The molecule has 0 saturated carbocycles. The van der Waals surface area contributed by atoms with Crippen LogP contribution in [-0.4, -0.2) is 40.3 Å². The average molecular weight is 267 g/mol. The van der Waals surface area contributed by atoms with E-state index >= 15 is 0 Å². The molecule has 0 aromatic carbocycles. The Kier molecular flexibility index (Phi) is 6.08. The number of hydrogen-bond acceptors (Lipinski definition) is 3. The number of unbranched alkanes of at least 4 members (excludes halogenated alkanes) is 1. The molecule has 0 aliphatic rings. The highest BCUT2D eigenvalue weighted by molar-refractivity contribution is 5.89. The Morgan fingerprint density at radius 2 is 2.16 bits per heavy atom. The minimum atomic E-state index is -0.263. The SMILES string of the molecule is CCCCN(CCO)C(=O)Nc1ccc(=O)n(C)c1. The van der Waals surface area contributed by atoms with E-state index in [0.29, 0.717) is 18.8 Å². The van der Waals surface area contributed by atoms with Crippen LogP contribution >= 0.6 is 0 Å². The molecule has 0 unspecified atom stereocenters. The summed E-state index contributed by atoms with van der Waals surface area (Å²) in [5, 5.41) is 11.7. The molecule has 1 aromatic heterocycles. The first-order chi connectivity index (χ1) is 9.08. The van der Waals surface area contributed by atoms with Crippen LogP contribution in [-0.2, 0) is 7.05 Å². The lowest BCUT2D eigenvalue weighted by molar-refractivity contribution is 0.187. The van der Waals surface area contributed by atoms with Crippen LogP contribution in [0.5, 0.6) is 0 Å². The summed E-state index contributed by atoms with van der Waals surface area (Å²) in [5.74, 6) is 0. The second-order valence-electron chi connectivity index (χ2n) is 4.36. The third-order valence-corrected chi connectivity index (χ3v) is 2.78. The Labute approximate surface area is 112 Å². The fraction of sp³-hybridized carbons (Fsp3) is 0.538. The Balaban J connectivity index is 2.69. The summed E-state index contributed by atoms with van der Waals surface area (Å²) in [5.41, 5.74) is 0.433. The molecule has 0 atom stereocenters. The first-order valence-corrected chi connectivity index (χ1v) is 6.42. The molecule has 106 valence electrons. The molecular weight excluding hydrogens is 246 g/mol. The van der Waals surface area contributed by atoms with Crippen molar-refractivity contribution in [3.05, 3.63) is 28.7 Å². The van der Waals surface area contributed by atoms with Crippen LogP contribution in [0.15, 0.2) is 23.1 Å². The number of pyridine rings is 1. The summed E-state index contributed by atoms with van der Waals surface area (Å²) >= 11 is 0. The molecule has 2 N–H and O–H groups in total. The predicted molar refractivity (Wildman–Crippen MR) is 74.3 cm³/mol. The number of aliphatic hydroxyl groups excluding tert-OH is 1. The van der Waals surface area contributed by atoms with E-state index in [9.17, 15) is 9.59 Å². The van der Waals surface area contributed by atoms with Gasteiger partial charge in [0.15, 0.2) is 0 Å². The number of aromatic nitrogens is 1. The van der Waals surface area contributed by atoms with Crippen molar-refractivity contribution in [3.8, 4) is 0 Å². The van der Waals surface area contributed by atoms with E-state index in [4.69, 9.17) is 5.11 Å². The summed E-state index contributed by atoms with van der Waals surface area (Å²) in [7, 11) is 1.63. The number of aliphatic hydroxyl groups is 1. The minimum Gasteiger partial charge on any atom is -0.395 e. The van der Waals surface area contributed by atoms with E-state index in [1.165, 1.54) is 10.6 Å². The molecule has 0 spiro atoms. The zero-order chi connectivity index (χ0) is 14.3. The molecule has 0 bridgehead atoms. The van der Waals surface area contributed by atoms with Crippen LogP contribution in [0.4, 0.5) is 10.5 Å². The second-order valence-corrected chi connectivity index (χ2v) is 4.36. The van der Waals surface area contributed by atoms with E-state index in [0.717, 1.165) is 12.8 Å². The summed E-state index contributed by atoms with van der Waals surface area (Å²) < 4.78 is 1.40. The minimum absolute atomic E-state index is 0.0651. The van der Waals surface area contributed by atoms with Crippen molar-refractivity contribution in [1.82, 2.24) is 9.47 Å². The first-order valence-electron chi connectivity index (χ1n) is 6.42. The smallest absolute Gasteiger partial charge is 0.321 e. The quantitative estimate of drug-likeness (QED) is 0.808. The lowest BCUT2D eigenvalue weighted by Gasteiger charge is -2.22. The fourth-order valence-electron chi connectivity index (χ4n) is 1.65. The van der Waals surface area contributed by atoms with Crippen LogP contribution in [0.1, 0.15) is 19.8 Å². The van der Waals surface area contributed by atoms with Gasteiger partial charge in [-0.1, -0.05) is 13.3 Å². The van der Waals surface area contributed by atoms with E-state index in [-0.39, 0.29) is 18.2 Å². The fourth-order valence-corrected chi connectivity index (χ4v) is 1.65. The van der Waals surface area contributed by atoms with Gasteiger partial charge >= 0.3 is 6.03 Å². The molecule has 0 aliphatic heterocycles. The highest BCUT2D eigenvalue weighted by atomic mass is 16.3. The van der Waals surface area contributed by atoms with E-state index in [1.807, 2.05) is 6.92 Å². The molecule has 0 aliphatic carbocycles. The Bertz CT molecular complexity index is 470. The van der Waals surface area contributed by atoms with Gasteiger partial charge in [-0.05, 0) is 12.5 Å². The van der Waals surface area contributed by atoms with Crippen molar-refractivity contribution in [2.45, 2.75) is 19.8 Å². The van der Waals surface area contributed by atoms with Gasteiger partial charge in [0.2, 0.25) is 5.56 Å². The molecule has 6 nitrogen and oxygen atoms in total. The molecule has 1 heterocycles. The van der Waals surface area contributed by atoms with E-state index in [1.54, 1.807) is 24.2 Å². The van der Waals surface area contributed by atoms with Gasteiger partial charge < -0.3 is 19.9 Å². The van der Waals surface area contributed by atoms with Crippen molar-refractivity contribution >= 4 is 11.7 Å². The number of hydrogen-bond donors (Lipinski definition) is 2. The summed E-state index contributed by atoms with van der Waals surface area (Å²) in [6, 6.07) is 2.70. The lowest BCUT2D eigenvalue weighted by atomic mass is 10.3.